The minimum absolute atomic E-state index is 0.263. The number of fused-ring (bicyclic) bond motifs is 2. The summed E-state index contributed by atoms with van der Waals surface area (Å²) >= 11 is 1.57. The summed E-state index contributed by atoms with van der Waals surface area (Å²) in [6.07, 6.45) is 5.69. The van der Waals surface area contributed by atoms with Gasteiger partial charge in [-0.3, -0.25) is 14.9 Å². The van der Waals surface area contributed by atoms with Gasteiger partial charge in [0.25, 0.3) is 11.8 Å². The molecule has 2 amide bonds. The number of hydrogen-bond donors (Lipinski definition) is 2. The lowest BCUT2D eigenvalue weighted by Gasteiger charge is -2.32. The zero-order chi connectivity index (χ0) is 22.5. The lowest BCUT2D eigenvalue weighted by atomic mass is 9.96. The molecule has 0 bridgehead atoms. The van der Waals surface area contributed by atoms with Crippen molar-refractivity contribution < 1.29 is 14.0 Å². The summed E-state index contributed by atoms with van der Waals surface area (Å²) in [5.74, 6) is -0.723. The molecule has 2 aliphatic heterocycles. The molecule has 6 nitrogen and oxygen atoms in total. The molecule has 5 heterocycles. The lowest BCUT2D eigenvalue weighted by molar-refractivity contribution is -0.122. The number of carbonyl (C=O) groups is 2. The largest absolute Gasteiger partial charge is 0.352 e. The van der Waals surface area contributed by atoms with Crippen LogP contribution in [0, 0.1) is 0 Å². The second-order valence-corrected chi connectivity index (χ2v) is 9.54. The first-order valence-electron chi connectivity index (χ1n) is 11.2. The number of benzene rings is 1. The van der Waals surface area contributed by atoms with Gasteiger partial charge in [-0.2, -0.15) is 0 Å². The Balaban J connectivity index is 1.50. The van der Waals surface area contributed by atoms with Gasteiger partial charge in [-0.15, -0.1) is 11.3 Å². The minimum atomic E-state index is -0.363. The van der Waals surface area contributed by atoms with Crippen LogP contribution in [-0.2, 0) is 9.59 Å². The van der Waals surface area contributed by atoms with E-state index in [-0.39, 0.29) is 24.5 Å². The third-order valence-electron chi connectivity index (χ3n) is 6.86. The van der Waals surface area contributed by atoms with Gasteiger partial charge in [0.05, 0.1) is 11.1 Å². The van der Waals surface area contributed by atoms with Gasteiger partial charge in [0.2, 0.25) is 0 Å². The summed E-state index contributed by atoms with van der Waals surface area (Å²) in [5, 5.41) is 6.40. The Kier molecular flexibility index (Phi) is 4.92. The highest BCUT2D eigenvalue weighted by atomic mass is 32.1. The molecule has 33 heavy (non-hydrogen) atoms. The van der Waals surface area contributed by atoms with Crippen LogP contribution in [0.2, 0.25) is 0 Å². The first-order chi connectivity index (χ1) is 16.2. The van der Waals surface area contributed by atoms with E-state index >= 15 is 0 Å². The number of H-pyrrole nitrogens is 1. The van der Waals surface area contributed by atoms with Crippen LogP contribution >= 0.6 is 11.3 Å². The Bertz CT molecular complexity index is 1420. The van der Waals surface area contributed by atoms with Crippen molar-refractivity contribution in [3.8, 4) is 0 Å². The topological polar surface area (TPSA) is 70.1 Å². The number of hydrogen-bond acceptors (Lipinski definition) is 4. The minimum Gasteiger partial charge on any atom is -0.352 e. The summed E-state index contributed by atoms with van der Waals surface area (Å²) in [7, 11) is 0. The molecule has 6 rings (SSSR count). The Morgan fingerprint density at radius 3 is 2.55 bits per heavy atom. The number of aromatic amines is 1. The van der Waals surface area contributed by atoms with E-state index in [1.54, 1.807) is 11.3 Å². The van der Waals surface area contributed by atoms with E-state index in [4.69, 9.17) is 0 Å². The van der Waals surface area contributed by atoms with Crippen LogP contribution in [0.25, 0.3) is 32.3 Å². The molecule has 0 aliphatic carbocycles. The smallest absolute Gasteiger partial charge is 0.259 e. The third-order valence-corrected chi connectivity index (χ3v) is 7.71. The molecule has 0 unspecified atom stereocenters. The summed E-state index contributed by atoms with van der Waals surface area (Å²) in [5.41, 5.74) is 3.42. The average Bonchev–Trinajstić information content (AvgIpc) is 3.57. The van der Waals surface area contributed by atoms with Gasteiger partial charge >= 0.3 is 0 Å². The van der Waals surface area contributed by atoms with Crippen LogP contribution in [-0.4, -0.2) is 52.6 Å². The Morgan fingerprint density at radius 2 is 1.76 bits per heavy atom. The van der Waals surface area contributed by atoms with E-state index in [9.17, 15) is 14.0 Å². The quantitative estimate of drug-likeness (QED) is 0.433. The summed E-state index contributed by atoms with van der Waals surface area (Å²) in [6.45, 7) is 1.86. The number of amides is 2. The normalized spacial score (nSPS) is 18.2. The number of halogens is 1. The SMILES string of the molecule is O=C1NC(=O)C(c2cn(C3CCN(CCF)CC3)c3ccccc23)=C1c1c[nH]c2sccc12. The molecule has 2 N–H and O–H groups in total. The molecule has 0 atom stereocenters. The zero-order valence-electron chi connectivity index (χ0n) is 17.9. The van der Waals surface area contributed by atoms with Crippen LogP contribution in [0.4, 0.5) is 4.39 Å². The molecule has 3 aromatic heterocycles. The number of para-hydroxylation sites is 1. The maximum Gasteiger partial charge on any atom is 0.259 e. The standard InChI is InChI=1S/C25H23FN4O2S/c26-8-11-29-9-5-15(6-10-29)30-14-19(16-3-1-2-4-20(16)30)22-21(23(31)28-24(22)32)18-13-27-25-17(18)7-12-33-25/h1-4,7,12-15,27H,5-6,8-11H2,(H,28,31,32). The molecule has 1 aromatic carbocycles. The van der Waals surface area contributed by atoms with E-state index in [0.717, 1.165) is 58.2 Å². The van der Waals surface area contributed by atoms with Crippen molar-refractivity contribution in [2.45, 2.75) is 18.9 Å². The highest BCUT2D eigenvalue weighted by Crippen LogP contribution is 2.40. The van der Waals surface area contributed by atoms with Crippen molar-refractivity contribution in [3.63, 3.8) is 0 Å². The van der Waals surface area contributed by atoms with Crippen molar-refractivity contribution in [2.24, 2.45) is 0 Å². The number of rotatable bonds is 5. The van der Waals surface area contributed by atoms with E-state index in [0.29, 0.717) is 17.7 Å². The van der Waals surface area contributed by atoms with Crippen molar-refractivity contribution >= 4 is 55.4 Å². The highest BCUT2D eigenvalue weighted by molar-refractivity contribution is 7.16. The number of thiophene rings is 1. The number of carbonyl (C=O) groups excluding carboxylic acids is 2. The van der Waals surface area contributed by atoms with Crippen LogP contribution in [0.1, 0.15) is 30.0 Å². The van der Waals surface area contributed by atoms with Gasteiger partial charge in [-0.25, -0.2) is 4.39 Å². The number of nitrogens with one attached hydrogen (secondary N) is 2. The first-order valence-corrected chi connectivity index (χ1v) is 12.1. The molecule has 2 aliphatic rings. The molecule has 8 heteroatoms. The van der Waals surface area contributed by atoms with Gasteiger partial charge in [0.1, 0.15) is 11.5 Å². The lowest BCUT2D eigenvalue weighted by Crippen LogP contribution is -2.35. The number of piperidine rings is 1. The molecule has 1 saturated heterocycles. The van der Waals surface area contributed by atoms with Crippen molar-refractivity contribution in [1.29, 1.82) is 0 Å². The van der Waals surface area contributed by atoms with Crippen molar-refractivity contribution in [2.75, 3.05) is 26.3 Å². The molecular weight excluding hydrogens is 439 g/mol. The molecule has 168 valence electrons. The fourth-order valence-electron chi connectivity index (χ4n) is 5.27. The number of likely N-dealkylation sites (tertiary alicyclic amines) is 1. The summed E-state index contributed by atoms with van der Waals surface area (Å²) in [6, 6.07) is 10.3. The molecule has 0 spiro atoms. The van der Waals surface area contributed by atoms with Crippen molar-refractivity contribution in [3.05, 3.63) is 59.2 Å². The number of nitrogens with zero attached hydrogens (tertiary/aromatic N) is 2. The predicted octanol–water partition coefficient (Wildman–Crippen LogP) is 4.36. The fraction of sp³-hybridized carbons (Fsp3) is 0.280. The van der Waals surface area contributed by atoms with Crippen LogP contribution < -0.4 is 5.32 Å². The fourth-order valence-corrected chi connectivity index (χ4v) is 6.04. The molecule has 4 aromatic rings. The van der Waals surface area contributed by atoms with Gasteiger partial charge in [0, 0.05) is 65.5 Å². The van der Waals surface area contributed by atoms with Crippen molar-refractivity contribution in [1.82, 2.24) is 19.8 Å². The number of aromatic nitrogens is 2. The predicted molar refractivity (Wildman–Crippen MR) is 129 cm³/mol. The van der Waals surface area contributed by atoms with Crippen LogP contribution in [0.5, 0.6) is 0 Å². The van der Waals surface area contributed by atoms with Gasteiger partial charge in [-0.05, 0) is 30.4 Å². The second-order valence-electron chi connectivity index (χ2n) is 8.63. The number of imide groups is 1. The molecular formula is C25H23FN4O2S. The highest BCUT2D eigenvalue weighted by Gasteiger charge is 2.35. The van der Waals surface area contributed by atoms with Gasteiger partial charge in [-0.1, -0.05) is 18.2 Å². The molecule has 0 radical (unpaired) electrons. The van der Waals surface area contributed by atoms with Gasteiger partial charge < -0.3 is 14.5 Å². The monoisotopic (exact) mass is 462 g/mol. The molecule has 0 saturated carbocycles. The summed E-state index contributed by atoms with van der Waals surface area (Å²) in [4.78, 5) is 32.3. The van der Waals surface area contributed by atoms with E-state index in [1.165, 1.54) is 0 Å². The maximum atomic E-state index is 13.1. The molecule has 1 fully saturated rings. The average molecular weight is 463 g/mol. The zero-order valence-corrected chi connectivity index (χ0v) is 18.8. The van der Waals surface area contributed by atoms with E-state index < -0.39 is 0 Å². The Morgan fingerprint density at radius 1 is 1.00 bits per heavy atom. The Hall–Kier alpha value is -3.23. The third kappa shape index (κ3) is 3.24. The maximum absolute atomic E-state index is 13.1. The van der Waals surface area contributed by atoms with E-state index in [1.807, 2.05) is 42.0 Å². The van der Waals surface area contributed by atoms with Crippen LogP contribution in [0.3, 0.4) is 0 Å². The first kappa shape index (κ1) is 20.4. The van der Waals surface area contributed by atoms with Crippen LogP contribution in [0.15, 0.2) is 48.1 Å². The summed E-state index contributed by atoms with van der Waals surface area (Å²) < 4.78 is 15.0. The van der Waals surface area contributed by atoms with Gasteiger partial charge in [0.15, 0.2) is 0 Å². The second kappa shape index (κ2) is 7.97. The Labute approximate surface area is 193 Å². The number of alkyl halides is 1. The van der Waals surface area contributed by atoms with E-state index in [2.05, 4.69) is 25.8 Å².